The first-order chi connectivity index (χ1) is 10.7. The van der Waals surface area contributed by atoms with Crippen LogP contribution in [0.3, 0.4) is 0 Å². The van der Waals surface area contributed by atoms with E-state index in [2.05, 4.69) is 20.5 Å². The Hall–Kier alpha value is -2.34. The summed E-state index contributed by atoms with van der Waals surface area (Å²) in [7, 11) is 0. The van der Waals surface area contributed by atoms with Crippen molar-refractivity contribution in [3.8, 4) is 0 Å². The quantitative estimate of drug-likeness (QED) is 0.777. The molecule has 6 nitrogen and oxygen atoms in total. The van der Waals surface area contributed by atoms with Crippen LogP contribution in [0.5, 0.6) is 0 Å². The number of anilines is 1. The number of benzene rings is 1. The van der Waals surface area contributed by atoms with E-state index in [0.717, 1.165) is 29.6 Å². The number of carbonyl (C=O) groups is 1. The Morgan fingerprint density at radius 1 is 1.41 bits per heavy atom. The van der Waals surface area contributed by atoms with Crippen molar-refractivity contribution in [2.24, 2.45) is 0 Å². The monoisotopic (exact) mass is 315 g/mol. The van der Waals surface area contributed by atoms with Crippen molar-refractivity contribution in [2.45, 2.75) is 25.3 Å². The van der Waals surface area contributed by atoms with E-state index in [-0.39, 0.29) is 12.5 Å². The van der Waals surface area contributed by atoms with Crippen LogP contribution < -0.4 is 5.32 Å². The van der Waals surface area contributed by atoms with Gasteiger partial charge in [-0.15, -0.1) is 5.10 Å². The molecule has 0 saturated heterocycles. The number of aromatic nitrogens is 4. The number of H-pyrrole nitrogens is 1. The Kier molecular flexibility index (Phi) is 3.11. The third-order valence-corrected chi connectivity index (χ3v) is 4.00. The average molecular weight is 316 g/mol. The van der Waals surface area contributed by atoms with Gasteiger partial charge in [-0.1, -0.05) is 17.7 Å². The normalized spacial score (nSPS) is 14.4. The number of nitrogens with zero attached hydrogens (tertiary/aromatic N) is 3. The minimum absolute atomic E-state index is 0.168. The first-order valence-electron chi connectivity index (χ1n) is 7.15. The summed E-state index contributed by atoms with van der Waals surface area (Å²) in [6, 6.07) is 7.57. The number of hydrogen-bond acceptors (Lipinski definition) is 3. The Morgan fingerprint density at radius 2 is 2.27 bits per heavy atom. The van der Waals surface area contributed by atoms with Crippen molar-refractivity contribution in [3.63, 3.8) is 0 Å². The molecule has 1 aliphatic carbocycles. The van der Waals surface area contributed by atoms with Gasteiger partial charge in [0.15, 0.2) is 0 Å². The summed E-state index contributed by atoms with van der Waals surface area (Å²) < 4.78 is 1.85. The Labute approximate surface area is 131 Å². The number of carbonyl (C=O) groups excluding carboxylic acids is 1. The summed E-state index contributed by atoms with van der Waals surface area (Å²) in [5.41, 5.74) is 0.927. The van der Waals surface area contributed by atoms with E-state index < -0.39 is 0 Å². The predicted octanol–water partition coefficient (Wildman–Crippen LogP) is 2.93. The van der Waals surface area contributed by atoms with Crippen molar-refractivity contribution in [1.29, 1.82) is 0 Å². The third-order valence-electron chi connectivity index (χ3n) is 3.77. The van der Waals surface area contributed by atoms with Crippen LogP contribution in [0.25, 0.3) is 10.9 Å². The predicted molar refractivity (Wildman–Crippen MR) is 83.9 cm³/mol. The van der Waals surface area contributed by atoms with E-state index in [0.29, 0.717) is 16.9 Å². The van der Waals surface area contributed by atoms with Gasteiger partial charge in [0.25, 0.3) is 0 Å². The molecule has 0 aliphatic heterocycles. The number of hydrogen-bond donors (Lipinski definition) is 2. The topological polar surface area (TPSA) is 75.6 Å². The maximum absolute atomic E-state index is 12.1. The fraction of sp³-hybridized carbons (Fsp3) is 0.267. The van der Waals surface area contributed by atoms with Crippen LogP contribution in [-0.4, -0.2) is 25.7 Å². The summed E-state index contributed by atoms with van der Waals surface area (Å²) in [5, 5.41) is 11.3. The van der Waals surface area contributed by atoms with Crippen molar-refractivity contribution in [1.82, 2.24) is 19.7 Å². The number of aromatic amines is 1. The molecule has 2 aromatic heterocycles. The van der Waals surface area contributed by atoms with Crippen molar-refractivity contribution in [2.75, 3.05) is 5.32 Å². The maximum atomic E-state index is 12.1. The first-order valence-corrected chi connectivity index (χ1v) is 7.53. The van der Waals surface area contributed by atoms with Gasteiger partial charge >= 0.3 is 0 Å². The van der Waals surface area contributed by atoms with Gasteiger partial charge in [-0.2, -0.15) is 4.98 Å². The fourth-order valence-corrected chi connectivity index (χ4v) is 2.65. The Bertz CT molecular complexity index is 849. The van der Waals surface area contributed by atoms with Gasteiger partial charge in [0.2, 0.25) is 11.9 Å². The van der Waals surface area contributed by atoms with Crippen LogP contribution in [0.4, 0.5) is 5.95 Å². The molecule has 0 atom stereocenters. The van der Waals surface area contributed by atoms with Crippen LogP contribution in [0.1, 0.15) is 24.6 Å². The van der Waals surface area contributed by atoms with Gasteiger partial charge in [-0.3, -0.25) is 15.2 Å². The first kappa shape index (κ1) is 13.3. The second-order valence-electron chi connectivity index (χ2n) is 5.51. The van der Waals surface area contributed by atoms with E-state index in [1.54, 1.807) is 0 Å². The minimum Gasteiger partial charge on any atom is -0.338 e. The lowest BCUT2D eigenvalue weighted by Gasteiger charge is -2.05. The number of amides is 1. The van der Waals surface area contributed by atoms with Gasteiger partial charge in [0.1, 0.15) is 12.4 Å². The minimum atomic E-state index is -0.168. The maximum Gasteiger partial charge on any atom is 0.248 e. The molecular formula is C15H14ClN5O. The van der Waals surface area contributed by atoms with Gasteiger partial charge in [0.05, 0.1) is 0 Å². The number of rotatable bonds is 4. The van der Waals surface area contributed by atoms with Gasteiger partial charge < -0.3 is 4.57 Å². The van der Waals surface area contributed by atoms with Crippen LogP contribution >= 0.6 is 11.6 Å². The van der Waals surface area contributed by atoms with Crippen LogP contribution in [0.2, 0.25) is 5.02 Å². The lowest BCUT2D eigenvalue weighted by Crippen LogP contribution is -2.19. The molecule has 4 rings (SSSR count). The Balaban J connectivity index is 1.49. The second kappa shape index (κ2) is 5.14. The zero-order valence-electron chi connectivity index (χ0n) is 11.7. The molecule has 22 heavy (non-hydrogen) atoms. The highest BCUT2D eigenvalue weighted by molar-refractivity contribution is 6.31. The van der Waals surface area contributed by atoms with E-state index in [1.807, 2.05) is 35.0 Å². The average Bonchev–Trinajstić information content (AvgIpc) is 3.13. The Morgan fingerprint density at radius 3 is 3.09 bits per heavy atom. The highest BCUT2D eigenvalue weighted by atomic mass is 35.5. The lowest BCUT2D eigenvalue weighted by molar-refractivity contribution is -0.116. The van der Waals surface area contributed by atoms with Gasteiger partial charge in [-0.05, 0) is 36.4 Å². The van der Waals surface area contributed by atoms with Crippen LogP contribution in [0.15, 0.2) is 30.5 Å². The number of fused-ring (bicyclic) bond motifs is 1. The van der Waals surface area contributed by atoms with Gasteiger partial charge in [-0.25, -0.2) is 0 Å². The molecule has 1 aliphatic rings. The highest BCUT2D eigenvalue weighted by Gasteiger charge is 2.27. The van der Waals surface area contributed by atoms with Gasteiger partial charge in [0, 0.05) is 22.7 Å². The molecule has 0 radical (unpaired) electrons. The number of nitrogens with one attached hydrogen (secondary N) is 2. The second-order valence-corrected chi connectivity index (χ2v) is 5.95. The number of halogens is 1. The molecule has 1 amide bonds. The smallest absolute Gasteiger partial charge is 0.248 e. The molecule has 0 unspecified atom stereocenters. The standard InChI is InChI=1S/C15H14ClN5O/c16-11-4-3-9-5-6-21(12(9)7-11)8-13(22)17-15-18-14(19-20-15)10-1-2-10/h3-7,10H,1-2,8H2,(H2,17,18,19,20,22). The van der Waals surface area contributed by atoms with E-state index in [1.165, 1.54) is 0 Å². The van der Waals surface area contributed by atoms with E-state index in [9.17, 15) is 4.79 Å². The zero-order chi connectivity index (χ0) is 15.1. The molecule has 2 heterocycles. The SMILES string of the molecule is O=C(Cn1ccc2ccc(Cl)cc21)Nc1n[nH]c(C2CC2)n1. The molecule has 2 N–H and O–H groups in total. The third kappa shape index (κ3) is 2.57. The van der Waals surface area contributed by atoms with Crippen LogP contribution in [-0.2, 0) is 11.3 Å². The largest absolute Gasteiger partial charge is 0.338 e. The molecule has 1 saturated carbocycles. The zero-order valence-corrected chi connectivity index (χ0v) is 12.5. The lowest BCUT2D eigenvalue weighted by atomic mass is 10.2. The van der Waals surface area contributed by atoms with E-state index in [4.69, 9.17) is 11.6 Å². The highest BCUT2D eigenvalue weighted by Crippen LogP contribution is 2.38. The van der Waals surface area contributed by atoms with Crippen molar-refractivity contribution < 1.29 is 4.79 Å². The van der Waals surface area contributed by atoms with Crippen molar-refractivity contribution >= 4 is 34.4 Å². The van der Waals surface area contributed by atoms with Crippen LogP contribution in [0, 0.1) is 0 Å². The summed E-state index contributed by atoms with van der Waals surface area (Å²) in [6.45, 7) is 0.192. The molecule has 0 spiro atoms. The molecule has 1 fully saturated rings. The molecule has 3 aromatic rings. The molecule has 112 valence electrons. The van der Waals surface area contributed by atoms with Crippen molar-refractivity contribution in [3.05, 3.63) is 41.3 Å². The molecule has 1 aromatic carbocycles. The summed E-state index contributed by atoms with van der Waals surface area (Å²) in [5.74, 6) is 1.50. The summed E-state index contributed by atoms with van der Waals surface area (Å²) >= 11 is 6.01. The summed E-state index contributed by atoms with van der Waals surface area (Å²) in [4.78, 5) is 16.4. The molecule has 0 bridgehead atoms. The molecular weight excluding hydrogens is 302 g/mol. The molecule has 7 heteroatoms. The summed E-state index contributed by atoms with van der Waals surface area (Å²) in [6.07, 6.45) is 4.14. The van der Waals surface area contributed by atoms with E-state index >= 15 is 0 Å². The fourth-order valence-electron chi connectivity index (χ4n) is 2.48.